The average molecular weight is 287 g/mol. The lowest BCUT2D eigenvalue weighted by atomic mass is 10.1. The molecular weight excluding hydrogens is 266 g/mol. The van der Waals surface area contributed by atoms with Gasteiger partial charge in [0.2, 0.25) is 0 Å². The molecule has 1 aromatic carbocycles. The molecule has 0 amide bonds. The number of benzene rings is 1. The molecule has 0 fully saturated rings. The first kappa shape index (κ1) is 14.7. The van der Waals surface area contributed by atoms with Gasteiger partial charge < -0.3 is 5.73 Å². The second-order valence-corrected chi connectivity index (χ2v) is 6.36. The van der Waals surface area contributed by atoms with Gasteiger partial charge >= 0.3 is 0 Å². The van der Waals surface area contributed by atoms with E-state index in [1.165, 1.54) is 5.56 Å². The number of hydrogen-bond acceptors (Lipinski definition) is 2. The van der Waals surface area contributed by atoms with Crippen molar-refractivity contribution in [2.45, 2.75) is 39.7 Å². The van der Waals surface area contributed by atoms with E-state index < -0.39 is 0 Å². The van der Waals surface area contributed by atoms with Gasteiger partial charge in [0.15, 0.2) is 0 Å². The van der Waals surface area contributed by atoms with E-state index in [1.807, 2.05) is 10.9 Å². The fourth-order valence-corrected chi connectivity index (χ4v) is 2.16. The number of thiocarbonyl (C=S) groups is 1. The third kappa shape index (κ3) is 2.90. The number of aromatic nitrogens is 2. The summed E-state index contributed by atoms with van der Waals surface area (Å²) < 4.78 is 1.92. The standard InChI is InChI=1S/C16H21N3S/c1-5-11-6-8-12(9-7-11)14-13(15(17)20)10-19(18-14)16(2,3)4/h6-10H,5H2,1-4H3,(H2,17,20). The molecule has 0 aliphatic heterocycles. The van der Waals surface area contributed by atoms with Crippen LogP contribution in [0.1, 0.15) is 38.8 Å². The first-order chi connectivity index (χ1) is 9.32. The number of hydrogen-bond donors (Lipinski definition) is 1. The maximum Gasteiger partial charge on any atom is 0.107 e. The maximum atomic E-state index is 5.84. The predicted octanol–water partition coefficient (Wildman–Crippen LogP) is 3.50. The van der Waals surface area contributed by atoms with Gasteiger partial charge in [-0.1, -0.05) is 43.4 Å². The number of nitrogens with zero attached hydrogens (tertiary/aromatic N) is 2. The Morgan fingerprint density at radius 1 is 1.25 bits per heavy atom. The first-order valence-corrected chi connectivity index (χ1v) is 7.23. The van der Waals surface area contributed by atoms with Crippen molar-refractivity contribution in [3.63, 3.8) is 0 Å². The molecule has 1 aromatic heterocycles. The van der Waals surface area contributed by atoms with Crippen LogP contribution >= 0.6 is 12.2 Å². The van der Waals surface area contributed by atoms with E-state index in [9.17, 15) is 0 Å². The van der Waals surface area contributed by atoms with Crippen LogP contribution in [0.2, 0.25) is 0 Å². The van der Waals surface area contributed by atoms with Crippen LogP contribution in [0.25, 0.3) is 11.3 Å². The molecule has 0 saturated heterocycles. The minimum absolute atomic E-state index is 0.0961. The molecule has 106 valence electrons. The molecule has 3 nitrogen and oxygen atoms in total. The highest BCUT2D eigenvalue weighted by Crippen LogP contribution is 2.25. The Labute approximate surface area is 125 Å². The van der Waals surface area contributed by atoms with Gasteiger partial charge in [-0.25, -0.2) is 0 Å². The van der Waals surface area contributed by atoms with Crippen LogP contribution in [0.3, 0.4) is 0 Å². The molecular formula is C16H21N3S. The number of aryl methyl sites for hydroxylation is 1. The van der Waals surface area contributed by atoms with Crippen molar-refractivity contribution in [1.82, 2.24) is 9.78 Å². The lowest BCUT2D eigenvalue weighted by molar-refractivity contribution is 0.356. The summed E-state index contributed by atoms with van der Waals surface area (Å²) in [6.45, 7) is 8.46. The zero-order valence-electron chi connectivity index (χ0n) is 12.5. The summed E-state index contributed by atoms with van der Waals surface area (Å²) in [7, 11) is 0. The second-order valence-electron chi connectivity index (χ2n) is 5.92. The van der Waals surface area contributed by atoms with Crippen molar-refractivity contribution in [3.8, 4) is 11.3 Å². The van der Waals surface area contributed by atoms with Crippen LogP contribution < -0.4 is 5.73 Å². The smallest absolute Gasteiger partial charge is 0.107 e. The van der Waals surface area contributed by atoms with Crippen molar-refractivity contribution in [1.29, 1.82) is 0 Å². The van der Waals surface area contributed by atoms with Gasteiger partial charge in [0.25, 0.3) is 0 Å². The zero-order valence-corrected chi connectivity index (χ0v) is 13.3. The summed E-state index contributed by atoms with van der Waals surface area (Å²) in [5, 5.41) is 4.68. The Morgan fingerprint density at radius 3 is 2.30 bits per heavy atom. The summed E-state index contributed by atoms with van der Waals surface area (Å²) in [6, 6.07) is 8.40. The van der Waals surface area contributed by atoms with E-state index in [0.717, 1.165) is 23.2 Å². The molecule has 0 bridgehead atoms. The summed E-state index contributed by atoms with van der Waals surface area (Å²) in [4.78, 5) is 0.384. The molecule has 20 heavy (non-hydrogen) atoms. The van der Waals surface area contributed by atoms with Crippen molar-refractivity contribution in [2.24, 2.45) is 5.73 Å². The Balaban J connectivity index is 2.53. The summed E-state index contributed by atoms with van der Waals surface area (Å²) in [5.41, 5.74) is 9.79. The van der Waals surface area contributed by atoms with Crippen molar-refractivity contribution >= 4 is 17.2 Å². The third-order valence-electron chi connectivity index (χ3n) is 3.30. The Morgan fingerprint density at radius 2 is 1.85 bits per heavy atom. The fraction of sp³-hybridized carbons (Fsp3) is 0.375. The molecule has 2 N–H and O–H groups in total. The zero-order chi connectivity index (χ0) is 14.9. The van der Waals surface area contributed by atoms with Gasteiger partial charge in [-0.05, 0) is 32.8 Å². The molecule has 0 aliphatic rings. The second kappa shape index (κ2) is 5.37. The Kier molecular flexibility index (Phi) is 3.95. The van der Waals surface area contributed by atoms with Crippen LogP contribution in [0.15, 0.2) is 30.5 Å². The average Bonchev–Trinajstić information content (AvgIpc) is 2.84. The van der Waals surface area contributed by atoms with E-state index in [1.54, 1.807) is 0 Å². The lowest BCUT2D eigenvalue weighted by Crippen LogP contribution is -2.22. The van der Waals surface area contributed by atoms with Gasteiger partial charge in [0.05, 0.1) is 11.1 Å². The molecule has 0 aliphatic carbocycles. The minimum Gasteiger partial charge on any atom is -0.389 e. The van der Waals surface area contributed by atoms with Crippen LogP contribution in [-0.4, -0.2) is 14.8 Å². The summed E-state index contributed by atoms with van der Waals surface area (Å²) in [6.07, 6.45) is 2.96. The molecule has 1 heterocycles. The van der Waals surface area contributed by atoms with Crippen molar-refractivity contribution in [2.75, 3.05) is 0 Å². The highest BCUT2D eigenvalue weighted by molar-refractivity contribution is 7.80. The fourth-order valence-electron chi connectivity index (χ4n) is 2.01. The quantitative estimate of drug-likeness (QED) is 0.879. The summed E-state index contributed by atoms with van der Waals surface area (Å²) in [5.74, 6) is 0. The van der Waals surface area contributed by atoms with E-state index in [2.05, 4.69) is 57.1 Å². The van der Waals surface area contributed by atoms with E-state index in [-0.39, 0.29) is 5.54 Å². The van der Waals surface area contributed by atoms with E-state index in [4.69, 9.17) is 18.0 Å². The largest absolute Gasteiger partial charge is 0.389 e. The van der Waals surface area contributed by atoms with Crippen molar-refractivity contribution in [3.05, 3.63) is 41.6 Å². The first-order valence-electron chi connectivity index (χ1n) is 6.82. The normalized spacial score (nSPS) is 11.6. The van der Waals surface area contributed by atoms with Gasteiger partial charge in [-0.15, -0.1) is 0 Å². The van der Waals surface area contributed by atoms with Gasteiger partial charge in [0.1, 0.15) is 10.7 Å². The lowest BCUT2D eigenvalue weighted by Gasteiger charge is -2.18. The minimum atomic E-state index is -0.0961. The Bertz CT molecular complexity index is 618. The van der Waals surface area contributed by atoms with Crippen LogP contribution in [0, 0.1) is 0 Å². The van der Waals surface area contributed by atoms with E-state index in [0.29, 0.717) is 4.99 Å². The van der Waals surface area contributed by atoms with Crippen LogP contribution in [0.5, 0.6) is 0 Å². The third-order valence-corrected chi connectivity index (χ3v) is 3.52. The van der Waals surface area contributed by atoms with Gasteiger partial charge in [-0.3, -0.25) is 4.68 Å². The molecule has 0 unspecified atom stereocenters. The van der Waals surface area contributed by atoms with Crippen molar-refractivity contribution < 1.29 is 0 Å². The molecule has 0 saturated carbocycles. The molecule has 2 rings (SSSR count). The molecule has 0 radical (unpaired) electrons. The SMILES string of the molecule is CCc1ccc(-c2nn(C(C)(C)C)cc2C(N)=S)cc1. The molecule has 2 aromatic rings. The molecule has 0 spiro atoms. The number of nitrogens with two attached hydrogens (primary N) is 1. The van der Waals surface area contributed by atoms with Crippen LogP contribution in [0.4, 0.5) is 0 Å². The molecule has 4 heteroatoms. The van der Waals surface area contributed by atoms with Gasteiger partial charge in [0, 0.05) is 11.8 Å². The van der Waals surface area contributed by atoms with Crippen LogP contribution in [-0.2, 0) is 12.0 Å². The highest BCUT2D eigenvalue weighted by Gasteiger charge is 2.20. The highest BCUT2D eigenvalue weighted by atomic mass is 32.1. The monoisotopic (exact) mass is 287 g/mol. The van der Waals surface area contributed by atoms with Gasteiger partial charge in [-0.2, -0.15) is 5.10 Å². The maximum absolute atomic E-state index is 5.84. The van der Waals surface area contributed by atoms with E-state index >= 15 is 0 Å². The number of rotatable bonds is 3. The topological polar surface area (TPSA) is 43.8 Å². The molecule has 0 atom stereocenters. The Hall–Kier alpha value is -1.68. The summed E-state index contributed by atoms with van der Waals surface area (Å²) >= 11 is 5.16. The predicted molar refractivity (Wildman–Crippen MR) is 87.9 cm³/mol.